The summed E-state index contributed by atoms with van der Waals surface area (Å²) in [5.74, 6) is 0.393. The molecule has 0 saturated carbocycles. The summed E-state index contributed by atoms with van der Waals surface area (Å²) >= 11 is 0. The molecule has 0 radical (unpaired) electrons. The highest BCUT2D eigenvalue weighted by Gasteiger charge is 2.16. The van der Waals surface area contributed by atoms with E-state index in [1.807, 2.05) is 0 Å². The van der Waals surface area contributed by atoms with Crippen LogP contribution in [0.5, 0.6) is 0 Å². The average Bonchev–Trinajstić information content (AvgIpc) is 3.21. The fraction of sp³-hybridized carbons (Fsp3) is 0.471. The molecule has 9 nitrogen and oxygen atoms in total. The zero-order valence-electron chi connectivity index (χ0n) is 14.6. The SMILES string of the molecule is Cc1nn(CC(=O)NCCN2CCOCC2)c(=O)c2cc3occc3n12. The van der Waals surface area contributed by atoms with E-state index >= 15 is 0 Å². The molecule has 1 aliphatic rings. The van der Waals surface area contributed by atoms with Crippen molar-refractivity contribution in [3.05, 3.63) is 34.6 Å². The van der Waals surface area contributed by atoms with Crippen molar-refractivity contribution in [2.75, 3.05) is 39.4 Å². The van der Waals surface area contributed by atoms with Crippen molar-refractivity contribution < 1.29 is 13.9 Å². The Labute approximate surface area is 149 Å². The van der Waals surface area contributed by atoms with Gasteiger partial charge < -0.3 is 14.5 Å². The highest BCUT2D eigenvalue weighted by molar-refractivity contribution is 5.82. The number of ether oxygens (including phenoxy) is 1. The van der Waals surface area contributed by atoms with Gasteiger partial charge in [-0.3, -0.25) is 18.9 Å². The number of hydrogen-bond donors (Lipinski definition) is 1. The summed E-state index contributed by atoms with van der Waals surface area (Å²) < 4.78 is 13.6. The third kappa shape index (κ3) is 3.11. The van der Waals surface area contributed by atoms with Crippen molar-refractivity contribution in [2.45, 2.75) is 13.5 Å². The predicted octanol–water partition coefficient (Wildman–Crippen LogP) is -0.000980. The Morgan fingerprint density at radius 2 is 2.12 bits per heavy atom. The van der Waals surface area contributed by atoms with E-state index in [1.54, 1.807) is 29.7 Å². The maximum atomic E-state index is 12.6. The van der Waals surface area contributed by atoms with Crippen LogP contribution in [0.3, 0.4) is 0 Å². The van der Waals surface area contributed by atoms with Gasteiger partial charge in [-0.05, 0) is 6.92 Å². The molecule has 0 aliphatic carbocycles. The van der Waals surface area contributed by atoms with Crippen LogP contribution in [0.4, 0.5) is 0 Å². The van der Waals surface area contributed by atoms with Gasteiger partial charge in [0.05, 0.1) is 25.0 Å². The molecule has 3 aromatic rings. The van der Waals surface area contributed by atoms with E-state index in [4.69, 9.17) is 9.15 Å². The number of amides is 1. The molecule has 0 aromatic carbocycles. The Morgan fingerprint density at radius 3 is 2.92 bits per heavy atom. The lowest BCUT2D eigenvalue weighted by Crippen LogP contribution is -2.42. The van der Waals surface area contributed by atoms with E-state index in [0.29, 0.717) is 23.5 Å². The molecule has 1 fully saturated rings. The van der Waals surface area contributed by atoms with Crippen LogP contribution in [0.25, 0.3) is 16.6 Å². The molecule has 4 rings (SSSR count). The number of rotatable bonds is 5. The van der Waals surface area contributed by atoms with Gasteiger partial charge >= 0.3 is 0 Å². The molecule has 3 aromatic heterocycles. The first-order valence-corrected chi connectivity index (χ1v) is 8.66. The fourth-order valence-electron chi connectivity index (χ4n) is 3.31. The number of nitrogens with zero attached hydrogens (tertiary/aromatic N) is 4. The number of nitrogens with one attached hydrogen (secondary N) is 1. The Morgan fingerprint density at radius 1 is 1.31 bits per heavy atom. The van der Waals surface area contributed by atoms with Crippen LogP contribution < -0.4 is 10.9 Å². The Balaban J connectivity index is 1.45. The van der Waals surface area contributed by atoms with Gasteiger partial charge in [-0.1, -0.05) is 0 Å². The van der Waals surface area contributed by atoms with Gasteiger partial charge in [0.25, 0.3) is 5.56 Å². The van der Waals surface area contributed by atoms with Crippen LogP contribution in [0.2, 0.25) is 0 Å². The molecule has 1 N–H and O–H groups in total. The number of carbonyl (C=O) groups is 1. The third-order valence-electron chi connectivity index (χ3n) is 4.61. The summed E-state index contributed by atoms with van der Waals surface area (Å²) in [6, 6.07) is 3.47. The number of furan rings is 1. The highest BCUT2D eigenvalue weighted by Crippen LogP contribution is 2.19. The minimum atomic E-state index is -0.315. The maximum Gasteiger partial charge on any atom is 0.291 e. The van der Waals surface area contributed by atoms with Crippen molar-refractivity contribution >= 4 is 22.5 Å². The molecular formula is C17H21N5O4. The molecule has 4 heterocycles. The lowest BCUT2D eigenvalue weighted by molar-refractivity contribution is -0.122. The largest absolute Gasteiger partial charge is 0.463 e. The second kappa shape index (κ2) is 6.93. The Kier molecular flexibility index (Phi) is 4.48. The molecule has 0 spiro atoms. The van der Waals surface area contributed by atoms with Gasteiger partial charge in [0.2, 0.25) is 5.91 Å². The quantitative estimate of drug-likeness (QED) is 0.689. The van der Waals surface area contributed by atoms with Gasteiger partial charge in [0.15, 0.2) is 5.58 Å². The first-order chi connectivity index (χ1) is 12.6. The standard InChI is InChI=1S/C17H21N5O4/c1-12-19-21(11-16(23)18-3-4-20-5-8-25-9-6-20)17(24)14-10-15-13(22(12)14)2-7-26-15/h2,7,10H,3-6,8-9,11H2,1H3,(H,18,23). The third-order valence-corrected chi connectivity index (χ3v) is 4.61. The van der Waals surface area contributed by atoms with Crippen LogP contribution in [-0.4, -0.2) is 64.4 Å². The van der Waals surface area contributed by atoms with Crippen molar-refractivity contribution in [1.82, 2.24) is 24.4 Å². The minimum Gasteiger partial charge on any atom is -0.463 e. The van der Waals surface area contributed by atoms with Crippen molar-refractivity contribution in [1.29, 1.82) is 0 Å². The first-order valence-electron chi connectivity index (χ1n) is 8.66. The van der Waals surface area contributed by atoms with E-state index < -0.39 is 0 Å². The molecule has 0 unspecified atom stereocenters. The summed E-state index contributed by atoms with van der Waals surface area (Å²) in [6.45, 7) is 6.21. The summed E-state index contributed by atoms with van der Waals surface area (Å²) in [7, 11) is 0. The fourth-order valence-corrected chi connectivity index (χ4v) is 3.31. The van der Waals surface area contributed by atoms with Gasteiger partial charge in [-0.15, -0.1) is 0 Å². The number of fused-ring (bicyclic) bond motifs is 3. The highest BCUT2D eigenvalue weighted by atomic mass is 16.5. The van der Waals surface area contributed by atoms with Crippen LogP contribution in [0, 0.1) is 6.92 Å². The molecule has 1 saturated heterocycles. The van der Waals surface area contributed by atoms with Crippen molar-refractivity contribution in [3.8, 4) is 0 Å². The molecule has 1 aliphatic heterocycles. The number of aryl methyl sites for hydroxylation is 1. The van der Waals surface area contributed by atoms with Crippen molar-refractivity contribution in [3.63, 3.8) is 0 Å². The number of morpholine rings is 1. The van der Waals surface area contributed by atoms with E-state index in [-0.39, 0.29) is 18.0 Å². The van der Waals surface area contributed by atoms with Gasteiger partial charge in [-0.2, -0.15) is 5.10 Å². The second-order valence-corrected chi connectivity index (χ2v) is 6.35. The minimum absolute atomic E-state index is 0.105. The number of carbonyl (C=O) groups excluding carboxylic acids is 1. The van der Waals surface area contributed by atoms with Gasteiger partial charge in [0, 0.05) is 38.3 Å². The zero-order chi connectivity index (χ0) is 18.1. The van der Waals surface area contributed by atoms with E-state index in [2.05, 4.69) is 15.3 Å². The predicted molar refractivity (Wildman–Crippen MR) is 94.2 cm³/mol. The van der Waals surface area contributed by atoms with Crippen LogP contribution >= 0.6 is 0 Å². The van der Waals surface area contributed by atoms with Crippen LogP contribution in [0.15, 0.2) is 27.6 Å². The normalized spacial score (nSPS) is 15.7. The van der Waals surface area contributed by atoms with E-state index in [9.17, 15) is 9.59 Å². The summed E-state index contributed by atoms with van der Waals surface area (Å²) in [5.41, 5.74) is 1.56. The monoisotopic (exact) mass is 359 g/mol. The Bertz CT molecular complexity index is 996. The average molecular weight is 359 g/mol. The van der Waals surface area contributed by atoms with Crippen LogP contribution in [-0.2, 0) is 16.1 Å². The molecule has 0 bridgehead atoms. The first kappa shape index (κ1) is 16.8. The molecule has 1 amide bonds. The summed E-state index contributed by atoms with van der Waals surface area (Å²) in [5, 5.41) is 7.13. The Hall–Kier alpha value is -2.65. The van der Waals surface area contributed by atoms with Gasteiger partial charge in [-0.25, -0.2) is 4.68 Å². The smallest absolute Gasteiger partial charge is 0.291 e. The lowest BCUT2D eigenvalue weighted by Gasteiger charge is -2.26. The summed E-state index contributed by atoms with van der Waals surface area (Å²) in [4.78, 5) is 27.1. The van der Waals surface area contributed by atoms with E-state index in [0.717, 1.165) is 38.4 Å². The lowest BCUT2D eigenvalue weighted by atomic mass is 10.4. The number of aromatic nitrogens is 3. The zero-order valence-corrected chi connectivity index (χ0v) is 14.6. The van der Waals surface area contributed by atoms with E-state index in [1.165, 1.54) is 4.68 Å². The molecule has 138 valence electrons. The molecule has 9 heteroatoms. The second-order valence-electron chi connectivity index (χ2n) is 6.35. The van der Waals surface area contributed by atoms with Gasteiger partial charge in [0.1, 0.15) is 17.9 Å². The molecular weight excluding hydrogens is 338 g/mol. The number of hydrogen-bond acceptors (Lipinski definition) is 6. The summed E-state index contributed by atoms with van der Waals surface area (Å²) in [6.07, 6.45) is 1.57. The van der Waals surface area contributed by atoms with Crippen LogP contribution in [0.1, 0.15) is 5.82 Å². The molecule has 26 heavy (non-hydrogen) atoms. The maximum absolute atomic E-state index is 12.6. The molecule has 0 atom stereocenters. The topological polar surface area (TPSA) is 94.0 Å². The van der Waals surface area contributed by atoms with Crippen molar-refractivity contribution in [2.24, 2.45) is 0 Å².